The fourth-order valence-corrected chi connectivity index (χ4v) is 3.42. The van der Waals surface area contributed by atoms with Gasteiger partial charge in [0.25, 0.3) is 0 Å². The molecule has 1 heterocycles. The number of rotatable bonds is 4. The number of aryl methyl sites for hydroxylation is 1. The lowest BCUT2D eigenvalue weighted by atomic mass is 10.0. The molecule has 0 aliphatic heterocycles. The van der Waals surface area contributed by atoms with E-state index < -0.39 is 0 Å². The molecular formula is C18H20N2S. The first-order valence-corrected chi connectivity index (χ1v) is 8.18. The Labute approximate surface area is 129 Å². The fraction of sp³-hybridized carbons (Fsp3) is 0.278. The Balaban J connectivity index is 2.05. The monoisotopic (exact) mass is 296 g/mol. The second kappa shape index (κ2) is 5.96. The van der Waals surface area contributed by atoms with E-state index in [9.17, 15) is 0 Å². The summed E-state index contributed by atoms with van der Waals surface area (Å²) >= 11 is 1.73. The molecule has 0 amide bonds. The van der Waals surface area contributed by atoms with Crippen molar-refractivity contribution in [1.29, 1.82) is 0 Å². The van der Waals surface area contributed by atoms with Gasteiger partial charge in [-0.3, -0.25) is 0 Å². The molecule has 0 radical (unpaired) electrons. The Hall–Kier alpha value is -1.71. The molecule has 0 aliphatic rings. The van der Waals surface area contributed by atoms with E-state index >= 15 is 0 Å². The highest BCUT2D eigenvalue weighted by Crippen LogP contribution is 2.28. The molecule has 1 aromatic heterocycles. The molecule has 0 saturated heterocycles. The van der Waals surface area contributed by atoms with Gasteiger partial charge in [-0.25, -0.2) is 4.98 Å². The third-order valence-electron chi connectivity index (χ3n) is 3.49. The minimum absolute atomic E-state index is 0.160. The van der Waals surface area contributed by atoms with Crippen LogP contribution >= 0.6 is 11.3 Å². The predicted molar refractivity (Wildman–Crippen MR) is 90.9 cm³/mol. The van der Waals surface area contributed by atoms with E-state index in [2.05, 4.69) is 72.0 Å². The maximum absolute atomic E-state index is 4.68. The molecule has 3 rings (SSSR count). The molecule has 0 aliphatic carbocycles. The highest BCUT2D eigenvalue weighted by molar-refractivity contribution is 7.09. The van der Waals surface area contributed by atoms with E-state index in [1.54, 1.807) is 11.3 Å². The minimum Gasteiger partial charge on any atom is -0.302 e. The zero-order chi connectivity index (χ0) is 14.8. The van der Waals surface area contributed by atoms with Crippen LogP contribution in [0.2, 0.25) is 0 Å². The maximum atomic E-state index is 4.68. The topological polar surface area (TPSA) is 24.9 Å². The summed E-state index contributed by atoms with van der Waals surface area (Å²) in [4.78, 5) is 4.68. The third kappa shape index (κ3) is 3.14. The molecule has 1 unspecified atom stereocenters. The molecule has 1 atom stereocenters. The van der Waals surface area contributed by atoms with Gasteiger partial charge in [-0.1, -0.05) is 36.4 Å². The van der Waals surface area contributed by atoms with Crippen LogP contribution in [0.5, 0.6) is 0 Å². The molecule has 3 heteroatoms. The molecule has 2 nitrogen and oxygen atoms in total. The van der Waals surface area contributed by atoms with Crippen molar-refractivity contribution < 1.29 is 0 Å². The third-order valence-corrected chi connectivity index (χ3v) is 4.52. The van der Waals surface area contributed by atoms with Gasteiger partial charge in [0.1, 0.15) is 5.01 Å². The molecule has 0 fully saturated rings. The van der Waals surface area contributed by atoms with Gasteiger partial charge in [0.05, 0.1) is 6.04 Å². The Kier molecular flexibility index (Phi) is 4.04. The van der Waals surface area contributed by atoms with E-state index in [-0.39, 0.29) is 6.04 Å². The van der Waals surface area contributed by atoms with E-state index in [1.165, 1.54) is 16.3 Å². The van der Waals surface area contributed by atoms with Crippen molar-refractivity contribution >= 4 is 22.1 Å². The van der Waals surface area contributed by atoms with Gasteiger partial charge in [0.15, 0.2) is 0 Å². The Morgan fingerprint density at radius 1 is 1.05 bits per heavy atom. The van der Waals surface area contributed by atoms with E-state index in [0.717, 1.165) is 10.7 Å². The van der Waals surface area contributed by atoms with Gasteiger partial charge in [0.2, 0.25) is 0 Å². The number of thiazole rings is 1. The summed E-state index contributed by atoms with van der Waals surface area (Å²) in [5.74, 6) is 0. The van der Waals surface area contributed by atoms with Gasteiger partial charge in [0, 0.05) is 17.1 Å². The summed E-state index contributed by atoms with van der Waals surface area (Å²) in [5, 5.41) is 9.44. The first-order chi connectivity index (χ1) is 10.1. The van der Waals surface area contributed by atoms with Crippen LogP contribution < -0.4 is 5.32 Å². The molecule has 0 spiro atoms. The van der Waals surface area contributed by atoms with Crippen molar-refractivity contribution in [3.63, 3.8) is 0 Å². The molecule has 2 aromatic carbocycles. The summed E-state index contributed by atoms with van der Waals surface area (Å²) in [6.07, 6.45) is 0. The average molecular weight is 296 g/mol. The van der Waals surface area contributed by atoms with Crippen molar-refractivity contribution in [1.82, 2.24) is 10.3 Å². The lowest BCUT2D eigenvalue weighted by molar-refractivity contribution is 0.527. The van der Waals surface area contributed by atoms with Crippen molar-refractivity contribution in [2.45, 2.75) is 32.9 Å². The molecular weight excluding hydrogens is 276 g/mol. The van der Waals surface area contributed by atoms with E-state index in [4.69, 9.17) is 0 Å². The van der Waals surface area contributed by atoms with Crippen molar-refractivity contribution in [3.05, 3.63) is 64.1 Å². The van der Waals surface area contributed by atoms with Crippen molar-refractivity contribution in [3.8, 4) is 0 Å². The highest BCUT2D eigenvalue weighted by Gasteiger charge is 2.18. The zero-order valence-corrected chi connectivity index (χ0v) is 13.4. The smallest absolute Gasteiger partial charge is 0.114 e. The second-order valence-corrected chi connectivity index (χ2v) is 6.58. The molecule has 0 bridgehead atoms. The molecule has 21 heavy (non-hydrogen) atoms. The number of hydrogen-bond donors (Lipinski definition) is 1. The highest BCUT2D eigenvalue weighted by atomic mass is 32.1. The maximum Gasteiger partial charge on any atom is 0.114 e. The molecule has 1 N–H and O–H groups in total. The largest absolute Gasteiger partial charge is 0.302 e. The van der Waals surface area contributed by atoms with Crippen LogP contribution in [-0.4, -0.2) is 11.0 Å². The Morgan fingerprint density at radius 3 is 2.48 bits per heavy atom. The van der Waals surface area contributed by atoms with Gasteiger partial charge in [-0.15, -0.1) is 11.3 Å². The number of benzene rings is 2. The number of nitrogens with one attached hydrogen (secondary N) is 1. The van der Waals surface area contributed by atoms with Gasteiger partial charge in [-0.05, 0) is 43.2 Å². The molecule has 108 valence electrons. The molecule has 3 aromatic rings. The fourth-order valence-electron chi connectivity index (χ4n) is 2.54. The summed E-state index contributed by atoms with van der Waals surface area (Å²) in [6.45, 7) is 6.40. The SMILES string of the molecule is Cc1csc(C(NC(C)C)c2ccc3ccccc3c2)n1. The Bertz CT molecular complexity index is 746. The van der Waals surface area contributed by atoms with Crippen LogP contribution in [-0.2, 0) is 0 Å². The average Bonchev–Trinajstić information content (AvgIpc) is 2.90. The second-order valence-electron chi connectivity index (χ2n) is 5.69. The van der Waals surface area contributed by atoms with Crippen LogP contribution in [0, 0.1) is 6.92 Å². The predicted octanol–water partition coefficient (Wildman–Crippen LogP) is 4.69. The lowest BCUT2D eigenvalue weighted by Gasteiger charge is -2.20. The zero-order valence-electron chi connectivity index (χ0n) is 12.6. The number of nitrogens with zero attached hydrogens (tertiary/aromatic N) is 1. The summed E-state index contributed by atoms with van der Waals surface area (Å²) < 4.78 is 0. The Morgan fingerprint density at radius 2 is 1.81 bits per heavy atom. The van der Waals surface area contributed by atoms with Crippen molar-refractivity contribution in [2.75, 3.05) is 0 Å². The van der Waals surface area contributed by atoms with E-state index in [1.807, 2.05) is 6.92 Å². The standard InChI is InChI=1S/C18H20N2S/c1-12(2)19-17(18-20-13(3)11-21-18)16-9-8-14-6-4-5-7-15(14)10-16/h4-12,17,19H,1-3H3. The van der Waals surface area contributed by atoms with Gasteiger partial charge in [-0.2, -0.15) is 0 Å². The number of fused-ring (bicyclic) bond motifs is 1. The van der Waals surface area contributed by atoms with Crippen LogP contribution in [0.25, 0.3) is 10.8 Å². The van der Waals surface area contributed by atoms with Crippen LogP contribution in [0.3, 0.4) is 0 Å². The first kappa shape index (κ1) is 14.2. The van der Waals surface area contributed by atoms with E-state index in [0.29, 0.717) is 6.04 Å². The van der Waals surface area contributed by atoms with Crippen LogP contribution in [0.15, 0.2) is 47.8 Å². The van der Waals surface area contributed by atoms with Gasteiger partial charge < -0.3 is 5.32 Å². The van der Waals surface area contributed by atoms with Crippen LogP contribution in [0.4, 0.5) is 0 Å². The quantitative estimate of drug-likeness (QED) is 0.755. The van der Waals surface area contributed by atoms with Gasteiger partial charge >= 0.3 is 0 Å². The lowest BCUT2D eigenvalue weighted by Crippen LogP contribution is -2.28. The first-order valence-electron chi connectivity index (χ1n) is 7.30. The number of aromatic nitrogens is 1. The minimum atomic E-state index is 0.160. The number of hydrogen-bond acceptors (Lipinski definition) is 3. The summed E-state index contributed by atoms with van der Waals surface area (Å²) in [6, 6.07) is 15.7. The summed E-state index contributed by atoms with van der Waals surface area (Å²) in [5.41, 5.74) is 2.36. The normalized spacial score (nSPS) is 13.0. The molecule has 0 saturated carbocycles. The van der Waals surface area contributed by atoms with Crippen LogP contribution in [0.1, 0.15) is 36.2 Å². The van der Waals surface area contributed by atoms with Crippen molar-refractivity contribution in [2.24, 2.45) is 0 Å². The summed E-state index contributed by atoms with van der Waals surface area (Å²) in [7, 11) is 0.